The molecule has 160 valence electrons. The molecular formula is C19H20F4N6O. The summed E-state index contributed by atoms with van der Waals surface area (Å²) in [6, 6.07) is 3.66. The highest BCUT2D eigenvalue weighted by Crippen LogP contribution is 2.37. The molecule has 1 unspecified atom stereocenters. The number of halogens is 4. The molecule has 1 saturated heterocycles. The van der Waals surface area contributed by atoms with Gasteiger partial charge in [-0.25, -0.2) is 19.3 Å². The molecule has 1 amide bonds. The van der Waals surface area contributed by atoms with Crippen LogP contribution >= 0.6 is 0 Å². The lowest BCUT2D eigenvalue weighted by Gasteiger charge is -2.35. The Balaban J connectivity index is 1.63. The zero-order valence-electron chi connectivity index (χ0n) is 16.1. The van der Waals surface area contributed by atoms with Crippen molar-refractivity contribution in [2.45, 2.75) is 37.4 Å². The van der Waals surface area contributed by atoms with E-state index in [9.17, 15) is 22.4 Å². The molecule has 0 aromatic carbocycles. The summed E-state index contributed by atoms with van der Waals surface area (Å²) in [5, 5.41) is 5.07. The summed E-state index contributed by atoms with van der Waals surface area (Å²) in [5.74, 6) is -0.813. The molecule has 2 aromatic rings. The van der Waals surface area contributed by atoms with Gasteiger partial charge in [-0.1, -0.05) is 6.07 Å². The highest BCUT2D eigenvalue weighted by atomic mass is 19.4. The van der Waals surface area contributed by atoms with Gasteiger partial charge in [0.05, 0.1) is 12.1 Å². The number of carbonyl (C=O) groups excluding carboxylic acids is 1. The van der Waals surface area contributed by atoms with Crippen molar-refractivity contribution in [3.8, 4) is 0 Å². The van der Waals surface area contributed by atoms with E-state index in [1.54, 1.807) is 12.3 Å². The lowest BCUT2D eigenvalue weighted by atomic mass is 9.97. The molecule has 7 nitrogen and oxygen atoms in total. The van der Waals surface area contributed by atoms with Gasteiger partial charge in [0.15, 0.2) is 11.6 Å². The van der Waals surface area contributed by atoms with Gasteiger partial charge in [-0.15, -0.1) is 0 Å². The molecule has 2 aliphatic heterocycles. The maximum atomic E-state index is 14.7. The zero-order chi connectivity index (χ0) is 21.5. The van der Waals surface area contributed by atoms with E-state index in [1.807, 2.05) is 11.4 Å². The number of carbonyl (C=O) groups is 1. The van der Waals surface area contributed by atoms with E-state index < -0.39 is 30.0 Å². The number of pyridine rings is 1. The third-order valence-electron chi connectivity index (χ3n) is 5.58. The van der Waals surface area contributed by atoms with Crippen LogP contribution in [0, 0.1) is 5.82 Å². The predicted molar refractivity (Wildman–Crippen MR) is 101 cm³/mol. The highest BCUT2D eigenvalue weighted by molar-refractivity contribution is 5.90. The second-order valence-electron chi connectivity index (χ2n) is 7.60. The second-order valence-corrected chi connectivity index (χ2v) is 7.60. The van der Waals surface area contributed by atoms with E-state index in [-0.39, 0.29) is 18.2 Å². The van der Waals surface area contributed by atoms with Crippen molar-refractivity contribution in [3.63, 3.8) is 0 Å². The first-order valence-corrected chi connectivity index (χ1v) is 9.53. The minimum Gasteiger partial charge on any atom is -0.369 e. The number of fused-ring (bicyclic) bond motifs is 1. The number of anilines is 2. The standard InChI is InChI=1S/C19H20F4N6O/c1-18(17(30)27-10-19(21,22)23)5-3-7-29(18)16-13(20)9-26-15(28-16)12-8-25-14-11(12)4-2-6-24-14/h2,4,6,9,12H,3,5,7-8,10H2,1H3,(H,24,25)(H,27,30)/t12?,18-/m1/s1. The fraction of sp³-hybridized carbons (Fsp3) is 0.474. The summed E-state index contributed by atoms with van der Waals surface area (Å²) in [5.41, 5.74) is -0.465. The van der Waals surface area contributed by atoms with E-state index in [4.69, 9.17) is 0 Å². The van der Waals surface area contributed by atoms with Crippen LogP contribution in [0.4, 0.5) is 29.2 Å². The maximum absolute atomic E-state index is 14.7. The van der Waals surface area contributed by atoms with Crippen LogP contribution in [0.5, 0.6) is 0 Å². The quantitative estimate of drug-likeness (QED) is 0.735. The number of hydrogen-bond donors (Lipinski definition) is 2. The molecule has 2 aromatic heterocycles. The highest BCUT2D eigenvalue weighted by Gasteiger charge is 2.46. The van der Waals surface area contributed by atoms with Gasteiger partial charge in [0.25, 0.3) is 0 Å². The van der Waals surface area contributed by atoms with Gasteiger partial charge in [-0.3, -0.25) is 4.79 Å². The van der Waals surface area contributed by atoms with Crippen LogP contribution in [-0.2, 0) is 4.79 Å². The number of alkyl halides is 3. The molecule has 2 N–H and O–H groups in total. The summed E-state index contributed by atoms with van der Waals surface area (Å²) in [7, 11) is 0. The van der Waals surface area contributed by atoms with Gasteiger partial charge >= 0.3 is 6.18 Å². The summed E-state index contributed by atoms with van der Waals surface area (Å²) in [6.45, 7) is 0.846. The van der Waals surface area contributed by atoms with Crippen LogP contribution < -0.4 is 15.5 Å². The molecule has 2 aliphatic rings. The van der Waals surface area contributed by atoms with Gasteiger partial charge in [0.2, 0.25) is 5.91 Å². The van der Waals surface area contributed by atoms with Gasteiger partial charge in [0.1, 0.15) is 23.7 Å². The first-order valence-electron chi connectivity index (χ1n) is 9.53. The molecule has 0 aliphatic carbocycles. The third kappa shape index (κ3) is 3.63. The number of rotatable bonds is 4. The Morgan fingerprint density at radius 3 is 2.97 bits per heavy atom. The summed E-state index contributed by atoms with van der Waals surface area (Å²) in [6.07, 6.45) is -1.03. The van der Waals surface area contributed by atoms with Crippen LogP contribution in [0.25, 0.3) is 0 Å². The van der Waals surface area contributed by atoms with Crippen LogP contribution in [-0.4, -0.2) is 52.2 Å². The molecule has 0 radical (unpaired) electrons. The molecule has 2 atom stereocenters. The first-order chi connectivity index (χ1) is 14.2. The van der Waals surface area contributed by atoms with Gasteiger partial charge in [0, 0.05) is 24.8 Å². The number of hydrogen-bond acceptors (Lipinski definition) is 6. The number of amides is 1. The van der Waals surface area contributed by atoms with Crippen molar-refractivity contribution < 1.29 is 22.4 Å². The Morgan fingerprint density at radius 1 is 1.40 bits per heavy atom. The Hall–Kier alpha value is -2.98. The zero-order valence-corrected chi connectivity index (χ0v) is 16.1. The van der Waals surface area contributed by atoms with E-state index >= 15 is 0 Å². The second kappa shape index (κ2) is 7.37. The lowest BCUT2D eigenvalue weighted by molar-refractivity contribution is -0.141. The maximum Gasteiger partial charge on any atom is 0.405 e. The van der Waals surface area contributed by atoms with Crippen LogP contribution in [0.15, 0.2) is 24.5 Å². The Kier molecular flexibility index (Phi) is 4.99. The van der Waals surface area contributed by atoms with Crippen LogP contribution in [0.1, 0.15) is 37.1 Å². The van der Waals surface area contributed by atoms with Crippen LogP contribution in [0.2, 0.25) is 0 Å². The van der Waals surface area contributed by atoms with Crippen molar-refractivity contribution in [3.05, 3.63) is 41.7 Å². The number of nitrogens with one attached hydrogen (secondary N) is 2. The summed E-state index contributed by atoms with van der Waals surface area (Å²) in [4.78, 5) is 26.8. The molecule has 4 rings (SSSR count). The van der Waals surface area contributed by atoms with Crippen molar-refractivity contribution >= 4 is 17.5 Å². The topological polar surface area (TPSA) is 83.0 Å². The van der Waals surface area contributed by atoms with Crippen molar-refractivity contribution in [1.29, 1.82) is 0 Å². The molecule has 0 bridgehead atoms. The van der Waals surface area contributed by atoms with E-state index in [1.165, 1.54) is 11.8 Å². The SMILES string of the molecule is C[C@]1(C(=O)NCC(F)(F)F)CCCN1c1nc(C2CNc3ncccc32)ncc1F. The third-order valence-corrected chi connectivity index (χ3v) is 5.58. The molecule has 11 heteroatoms. The van der Waals surface area contributed by atoms with Crippen molar-refractivity contribution in [1.82, 2.24) is 20.3 Å². The molecular weight excluding hydrogens is 404 g/mol. The Bertz CT molecular complexity index is 968. The molecule has 4 heterocycles. The molecule has 0 saturated carbocycles. The minimum atomic E-state index is -4.53. The van der Waals surface area contributed by atoms with Crippen LogP contribution in [0.3, 0.4) is 0 Å². The Morgan fingerprint density at radius 2 is 2.20 bits per heavy atom. The normalized spacial score (nSPS) is 23.2. The number of nitrogens with zero attached hydrogens (tertiary/aromatic N) is 4. The monoisotopic (exact) mass is 424 g/mol. The number of aromatic nitrogens is 3. The summed E-state index contributed by atoms with van der Waals surface area (Å²) >= 11 is 0. The minimum absolute atomic E-state index is 0.0838. The fourth-order valence-corrected chi connectivity index (χ4v) is 4.02. The van der Waals surface area contributed by atoms with Crippen molar-refractivity contribution in [2.24, 2.45) is 0 Å². The van der Waals surface area contributed by atoms with Gasteiger partial charge in [-0.05, 0) is 25.8 Å². The van der Waals surface area contributed by atoms with E-state index in [2.05, 4.69) is 20.3 Å². The smallest absolute Gasteiger partial charge is 0.369 e. The largest absolute Gasteiger partial charge is 0.405 e. The fourth-order valence-electron chi connectivity index (χ4n) is 4.02. The molecule has 0 spiro atoms. The summed E-state index contributed by atoms with van der Waals surface area (Å²) < 4.78 is 52.3. The van der Waals surface area contributed by atoms with Gasteiger partial charge < -0.3 is 15.5 Å². The average Bonchev–Trinajstić information content (AvgIpc) is 3.30. The van der Waals surface area contributed by atoms with Gasteiger partial charge in [-0.2, -0.15) is 13.2 Å². The molecule has 1 fully saturated rings. The Labute approximate surface area is 169 Å². The predicted octanol–water partition coefficient (Wildman–Crippen LogP) is 2.61. The van der Waals surface area contributed by atoms with Crippen molar-refractivity contribution in [2.75, 3.05) is 29.9 Å². The van der Waals surface area contributed by atoms with E-state index in [0.29, 0.717) is 31.2 Å². The average molecular weight is 424 g/mol. The van der Waals surface area contributed by atoms with E-state index in [0.717, 1.165) is 11.8 Å². The first kappa shape index (κ1) is 20.3. The molecule has 30 heavy (non-hydrogen) atoms. The lowest BCUT2D eigenvalue weighted by Crippen LogP contribution is -2.55.